The van der Waals surface area contributed by atoms with Crippen LogP contribution in [0.3, 0.4) is 0 Å². The van der Waals surface area contributed by atoms with Gasteiger partial charge < -0.3 is 10.1 Å². The van der Waals surface area contributed by atoms with Crippen molar-refractivity contribution in [3.63, 3.8) is 0 Å². The molecule has 1 aliphatic rings. The fourth-order valence-electron chi connectivity index (χ4n) is 2.71. The number of pyridine rings is 1. The van der Waals surface area contributed by atoms with E-state index in [0.717, 1.165) is 37.4 Å². The maximum absolute atomic E-state index is 5.41. The molecule has 1 unspecified atom stereocenters. The van der Waals surface area contributed by atoms with Gasteiger partial charge in [-0.25, -0.2) is 4.98 Å². The highest BCUT2D eigenvalue weighted by atomic mass is 16.5. The summed E-state index contributed by atoms with van der Waals surface area (Å²) in [5, 5.41) is 4.72. The van der Waals surface area contributed by atoms with E-state index in [4.69, 9.17) is 4.74 Å². The van der Waals surface area contributed by atoms with Gasteiger partial charge in [-0.15, -0.1) is 0 Å². The molecule has 19 heavy (non-hydrogen) atoms. The number of aromatic nitrogens is 1. The van der Waals surface area contributed by atoms with Crippen molar-refractivity contribution in [3.05, 3.63) is 36.4 Å². The minimum Gasteiger partial charge on any atom is -0.381 e. The van der Waals surface area contributed by atoms with Gasteiger partial charge in [0.25, 0.3) is 0 Å². The number of hydrogen-bond acceptors (Lipinski definition) is 3. The molecule has 100 valence electrons. The fraction of sp³-hybridized carbons (Fsp3) is 0.438. The normalized spacial score (nSPS) is 18.4. The summed E-state index contributed by atoms with van der Waals surface area (Å²) >= 11 is 0. The number of ether oxygens (including phenoxy) is 1. The highest BCUT2D eigenvalue weighted by molar-refractivity contribution is 5.80. The maximum atomic E-state index is 5.41. The van der Waals surface area contributed by atoms with E-state index >= 15 is 0 Å². The lowest BCUT2D eigenvalue weighted by Crippen LogP contribution is -2.31. The SMILES string of the molecule is CC(Nc1ccc2ccccc2n1)C1CCOCC1. The Morgan fingerprint density at radius 2 is 1.95 bits per heavy atom. The quantitative estimate of drug-likeness (QED) is 0.913. The first-order valence-electron chi connectivity index (χ1n) is 7.03. The first-order valence-corrected chi connectivity index (χ1v) is 7.03. The Morgan fingerprint density at radius 3 is 2.79 bits per heavy atom. The van der Waals surface area contributed by atoms with Crippen LogP contribution in [-0.2, 0) is 4.74 Å². The Balaban J connectivity index is 1.73. The summed E-state index contributed by atoms with van der Waals surface area (Å²) in [5.74, 6) is 1.65. The van der Waals surface area contributed by atoms with E-state index in [1.807, 2.05) is 12.1 Å². The van der Waals surface area contributed by atoms with Crippen LogP contribution in [0.1, 0.15) is 19.8 Å². The van der Waals surface area contributed by atoms with Gasteiger partial charge in [0, 0.05) is 24.6 Å². The van der Waals surface area contributed by atoms with Crippen LogP contribution in [-0.4, -0.2) is 24.2 Å². The average molecular weight is 256 g/mol. The molecule has 0 bridgehead atoms. The molecular formula is C16H20N2O. The number of nitrogens with one attached hydrogen (secondary N) is 1. The molecule has 0 spiro atoms. The Bertz CT molecular complexity index is 549. The van der Waals surface area contributed by atoms with Crippen LogP contribution >= 0.6 is 0 Å². The summed E-state index contributed by atoms with van der Waals surface area (Å²) in [6.07, 6.45) is 2.28. The lowest BCUT2D eigenvalue weighted by molar-refractivity contribution is 0.0622. The van der Waals surface area contributed by atoms with Crippen LogP contribution in [0.15, 0.2) is 36.4 Å². The van der Waals surface area contributed by atoms with Crippen LogP contribution in [0.4, 0.5) is 5.82 Å². The lowest BCUT2D eigenvalue weighted by atomic mass is 9.93. The van der Waals surface area contributed by atoms with Crippen LogP contribution in [0, 0.1) is 5.92 Å². The number of fused-ring (bicyclic) bond motifs is 1. The Hall–Kier alpha value is -1.61. The van der Waals surface area contributed by atoms with Crippen molar-refractivity contribution in [3.8, 4) is 0 Å². The number of anilines is 1. The molecule has 3 nitrogen and oxygen atoms in total. The molecule has 2 heterocycles. The number of rotatable bonds is 3. The van der Waals surface area contributed by atoms with Crippen molar-refractivity contribution in [1.82, 2.24) is 4.98 Å². The van der Waals surface area contributed by atoms with Crippen molar-refractivity contribution >= 4 is 16.7 Å². The zero-order valence-electron chi connectivity index (χ0n) is 11.3. The van der Waals surface area contributed by atoms with Gasteiger partial charge in [-0.2, -0.15) is 0 Å². The summed E-state index contributed by atoms with van der Waals surface area (Å²) in [6, 6.07) is 12.9. The third-order valence-corrected chi connectivity index (χ3v) is 3.95. The summed E-state index contributed by atoms with van der Waals surface area (Å²) in [7, 11) is 0. The first-order chi connectivity index (χ1) is 9.33. The molecule has 1 aromatic carbocycles. The van der Waals surface area contributed by atoms with Crippen molar-refractivity contribution in [2.45, 2.75) is 25.8 Å². The van der Waals surface area contributed by atoms with E-state index in [-0.39, 0.29) is 0 Å². The molecule has 0 aliphatic carbocycles. The third kappa shape index (κ3) is 2.87. The minimum absolute atomic E-state index is 0.442. The number of nitrogens with zero attached hydrogens (tertiary/aromatic N) is 1. The van der Waals surface area contributed by atoms with E-state index in [1.54, 1.807) is 0 Å². The van der Waals surface area contributed by atoms with Crippen molar-refractivity contribution in [2.75, 3.05) is 18.5 Å². The van der Waals surface area contributed by atoms with Crippen LogP contribution in [0.5, 0.6) is 0 Å². The van der Waals surface area contributed by atoms with E-state index in [1.165, 1.54) is 5.39 Å². The minimum atomic E-state index is 0.442. The Morgan fingerprint density at radius 1 is 1.16 bits per heavy atom. The molecule has 1 atom stereocenters. The van der Waals surface area contributed by atoms with Gasteiger partial charge in [-0.3, -0.25) is 0 Å². The molecule has 0 saturated carbocycles. The molecule has 1 N–H and O–H groups in total. The maximum Gasteiger partial charge on any atom is 0.126 e. The highest BCUT2D eigenvalue weighted by Crippen LogP contribution is 2.22. The number of hydrogen-bond donors (Lipinski definition) is 1. The zero-order valence-corrected chi connectivity index (χ0v) is 11.3. The lowest BCUT2D eigenvalue weighted by Gasteiger charge is -2.28. The molecular weight excluding hydrogens is 236 g/mol. The fourth-order valence-corrected chi connectivity index (χ4v) is 2.71. The summed E-state index contributed by atoms with van der Waals surface area (Å²) < 4.78 is 5.41. The van der Waals surface area contributed by atoms with Gasteiger partial charge in [-0.05, 0) is 43.9 Å². The van der Waals surface area contributed by atoms with Gasteiger partial charge in [0.1, 0.15) is 5.82 Å². The molecule has 1 saturated heterocycles. The predicted molar refractivity (Wildman–Crippen MR) is 78.4 cm³/mol. The smallest absolute Gasteiger partial charge is 0.126 e. The molecule has 0 amide bonds. The molecule has 3 heteroatoms. The highest BCUT2D eigenvalue weighted by Gasteiger charge is 2.20. The Labute approximate surface area is 114 Å². The second kappa shape index (κ2) is 5.57. The van der Waals surface area contributed by atoms with Gasteiger partial charge in [0.15, 0.2) is 0 Å². The van der Waals surface area contributed by atoms with E-state index in [0.29, 0.717) is 12.0 Å². The summed E-state index contributed by atoms with van der Waals surface area (Å²) in [5.41, 5.74) is 1.05. The standard InChI is InChI=1S/C16H20N2O/c1-12(13-8-10-19-11-9-13)17-16-7-6-14-4-2-3-5-15(14)18-16/h2-7,12-13H,8-11H2,1H3,(H,17,18). The van der Waals surface area contributed by atoms with E-state index in [9.17, 15) is 0 Å². The number of benzene rings is 1. The first kappa shape index (κ1) is 12.4. The average Bonchev–Trinajstić information content (AvgIpc) is 2.48. The molecule has 0 radical (unpaired) electrons. The van der Waals surface area contributed by atoms with Gasteiger partial charge in [0.05, 0.1) is 5.52 Å². The van der Waals surface area contributed by atoms with E-state index in [2.05, 4.69) is 41.5 Å². The molecule has 1 aromatic heterocycles. The molecule has 1 aliphatic heterocycles. The Kier molecular flexibility index (Phi) is 3.65. The zero-order chi connectivity index (χ0) is 13.1. The van der Waals surface area contributed by atoms with Crippen LogP contribution in [0.25, 0.3) is 10.9 Å². The predicted octanol–water partition coefficient (Wildman–Crippen LogP) is 3.46. The van der Waals surface area contributed by atoms with Crippen molar-refractivity contribution in [2.24, 2.45) is 5.92 Å². The van der Waals surface area contributed by atoms with E-state index < -0.39 is 0 Å². The molecule has 3 rings (SSSR count). The van der Waals surface area contributed by atoms with Crippen molar-refractivity contribution in [1.29, 1.82) is 0 Å². The van der Waals surface area contributed by atoms with Crippen LogP contribution < -0.4 is 5.32 Å². The third-order valence-electron chi connectivity index (χ3n) is 3.95. The second-order valence-electron chi connectivity index (χ2n) is 5.27. The van der Waals surface area contributed by atoms with Gasteiger partial charge >= 0.3 is 0 Å². The molecule has 2 aromatic rings. The monoisotopic (exact) mass is 256 g/mol. The molecule has 1 fully saturated rings. The topological polar surface area (TPSA) is 34.2 Å². The second-order valence-corrected chi connectivity index (χ2v) is 5.27. The largest absolute Gasteiger partial charge is 0.381 e. The summed E-state index contributed by atoms with van der Waals surface area (Å²) in [4.78, 5) is 4.67. The van der Waals surface area contributed by atoms with Gasteiger partial charge in [-0.1, -0.05) is 18.2 Å². The van der Waals surface area contributed by atoms with Crippen LogP contribution in [0.2, 0.25) is 0 Å². The summed E-state index contributed by atoms with van der Waals surface area (Å²) in [6.45, 7) is 4.02. The number of para-hydroxylation sites is 1. The van der Waals surface area contributed by atoms with Gasteiger partial charge in [0.2, 0.25) is 0 Å². The van der Waals surface area contributed by atoms with Crippen molar-refractivity contribution < 1.29 is 4.74 Å².